The van der Waals surface area contributed by atoms with Crippen LogP contribution in [-0.4, -0.2) is 76.5 Å². The van der Waals surface area contributed by atoms with E-state index in [-0.39, 0.29) is 29.6 Å². The Labute approximate surface area is 233 Å². The molecule has 2 aromatic carbocycles. The van der Waals surface area contributed by atoms with Crippen molar-refractivity contribution in [3.05, 3.63) is 77.6 Å². The second-order valence-electron chi connectivity index (χ2n) is 11.3. The van der Waals surface area contributed by atoms with Gasteiger partial charge in [-0.15, -0.1) is 0 Å². The van der Waals surface area contributed by atoms with Gasteiger partial charge in [-0.3, -0.25) is 4.79 Å². The zero-order chi connectivity index (χ0) is 28.4. The molecule has 0 spiro atoms. The lowest BCUT2D eigenvalue weighted by atomic mass is 9.90. The average Bonchev–Trinajstić information content (AvgIpc) is 3.38. The van der Waals surface area contributed by atoms with Gasteiger partial charge in [0.25, 0.3) is 5.91 Å². The van der Waals surface area contributed by atoms with Crippen LogP contribution in [0.1, 0.15) is 55.6 Å². The Morgan fingerprint density at radius 1 is 0.875 bits per heavy atom. The summed E-state index contributed by atoms with van der Waals surface area (Å²) in [5.41, 5.74) is 1.88. The number of halogens is 2. The van der Waals surface area contributed by atoms with Crippen molar-refractivity contribution in [1.29, 1.82) is 0 Å². The fourth-order valence-electron chi connectivity index (χ4n) is 5.39. The second kappa shape index (κ2) is 11.3. The van der Waals surface area contributed by atoms with Gasteiger partial charge in [0, 0.05) is 45.2 Å². The highest BCUT2D eigenvalue weighted by Gasteiger charge is 2.34. The predicted octanol–water partition coefficient (Wildman–Crippen LogP) is 5.23. The summed E-state index contributed by atoms with van der Waals surface area (Å²) in [6.45, 7) is 8.43. The number of hydrogen-bond donors (Lipinski definition) is 0. The lowest BCUT2D eigenvalue weighted by Gasteiger charge is -2.37. The lowest BCUT2D eigenvalue weighted by Crippen LogP contribution is -2.49. The van der Waals surface area contributed by atoms with Crippen molar-refractivity contribution in [3.8, 4) is 5.69 Å². The number of piperidine rings is 1. The highest BCUT2D eigenvalue weighted by atomic mass is 19.1. The minimum absolute atomic E-state index is 0.0371. The van der Waals surface area contributed by atoms with E-state index in [0.717, 1.165) is 5.69 Å². The average molecular weight is 552 g/mol. The van der Waals surface area contributed by atoms with Crippen molar-refractivity contribution >= 4 is 17.7 Å². The maximum Gasteiger partial charge on any atom is 0.410 e. The number of nitrogens with zero attached hydrogens (tertiary/aromatic N) is 5. The zero-order valence-corrected chi connectivity index (χ0v) is 23.1. The molecule has 2 aliphatic heterocycles. The molecule has 2 saturated heterocycles. The van der Waals surface area contributed by atoms with E-state index < -0.39 is 5.60 Å². The van der Waals surface area contributed by atoms with Crippen molar-refractivity contribution in [2.24, 2.45) is 0 Å². The maximum atomic E-state index is 14.3. The van der Waals surface area contributed by atoms with Crippen molar-refractivity contribution < 1.29 is 23.1 Å². The molecule has 2 aliphatic rings. The molecule has 10 heteroatoms. The number of ether oxygens (including phenoxy) is 1. The SMILES string of the molecule is CC(C)(C)OC(=O)N1CCC(c2c(C(=O)N3CCN(c4ccccc4F)CC3)cnn2-c2ccc(F)cc2)CC1. The fraction of sp³-hybridized carbons (Fsp3) is 0.433. The number of carbonyl (C=O) groups is 2. The van der Waals surface area contributed by atoms with Crippen molar-refractivity contribution in [3.63, 3.8) is 0 Å². The van der Waals surface area contributed by atoms with Crippen molar-refractivity contribution in [2.45, 2.75) is 45.1 Å². The number of carbonyl (C=O) groups excluding carboxylic acids is 2. The number of anilines is 1. The van der Waals surface area contributed by atoms with Gasteiger partial charge in [0.05, 0.1) is 28.8 Å². The topological polar surface area (TPSA) is 70.9 Å². The predicted molar refractivity (Wildman–Crippen MR) is 148 cm³/mol. The molecule has 0 aliphatic carbocycles. The number of rotatable bonds is 4. The number of para-hydroxylation sites is 1. The standard InChI is InChI=1S/C30H35F2N5O3/c1-30(2,3)40-29(39)36-14-12-21(13-15-36)27-24(20-33-37(27)23-10-8-22(31)9-11-23)28(38)35-18-16-34(17-19-35)26-7-5-4-6-25(26)32/h4-11,20-21H,12-19H2,1-3H3. The van der Waals surface area contributed by atoms with Crippen LogP contribution in [0.5, 0.6) is 0 Å². The molecule has 0 N–H and O–H groups in total. The van der Waals surface area contributed by atoms with Crippen LogP contribution in [0, 0.1) is 11.6 Å². The Morgan fingerprint density at radius 2 is 1.52 bits per heavy atom. The van der Waals surface area contributed by atoms with Gasteiger partial charge >= 0.3 is 6.09 Å². The van der Waals surface area contributed by atoms with E-state index in [1.54, 1.807) is 51.0 Å². The van der Waals surface area contributed by atoms with E-state index in [9.17, 15) is 18.4 Å². The summed E-state index contributed by atoms with van der Waals surface area (Å²) < 4.78 is 35.3. The first kappa shape index (κ1) is 27.6. The molecule has 212 valence electrons. The summed E-state index contributed by atoms with van der Waals surface area (Å²) in [5.74, 6) is -0.800. The smallest absolute Gasteiger partial charge is 0.410 e. The summed E-state index contributed by atoms with van der Waals surface area (Å²) in [5, 5.41) is 4.57. The molecule has 0 saturated carbocycles. The minimum Gasteiger partial charge on any atom is -0.444 e. The van der Waals surface area contributed by atoms with Crippen LogP contribution in [-0.2, 0) is 4.74 Å². The third-order valence-corrected chi connectivity index (χ3v) is 7.40. The normalized spacial score (nSPS) is 16.8. The molecule has 3 aromatic rings. The maximum absolute atomic E-state index is 14.3. The van der Waals surface area contributed by atoms with E-state index in [2.05, 4.69) is 5.10 Å². The highest BCUT2D eigenvalue weighted by molar-refractivity contribution is 5.95. The minimum atomic E-state index is -0.578. The number of piperazine rings is 1. The van der Waals surface area contributed by atoms with Gasteiger partial charge in [-0.1, -0.05) is 12.1 Å². The van der Waals surface area contributed by atoms with Crippen LogP contribution < -0.4 is 4.90 Å². The van der Waals surface area contributed by atoms with E-state index in [0.29, 0.717) is 69.0 Å². The molecule has 2 fully saturated rings. The van der Waals surface area contributed by atoms with Gasteiger partial charge in [-0.05, 0) is 70.0 Å². The summed E-state index contributed by atoms with van der Waals surface area (Å²) in [6, 6.07) is 12.7. The molecular formula is C30H35F2N5O3. The summed E-state index contributed by atoms with van der Waals surface area (Å²) in [4.78, 5) is 31.9. The zero-order valence-electron chi connectivity index (χ0n) is 23.1. The summed E-state index contributed by atoms with van der Waals surface area (Å²) >= 11 is 0. The Hall–Kier alpha value is -3.95. The molecule has 0 radical (unpaired) electrons. The first-order valence-corrected chi connectivity index (χ1v) is 13.7. The van der Waals surface area contributed by atoms with Crippen LogP contribution in [0.15, 0.2) is 54.7 Å². The van der Waals surface area contributed by atoms with E-state index in [1.165, 1.54) is 18.2 Å². The van der Waals surface area contributed by atoms with Gasteiger partial charge in [-0.2, -0.15) is 5.10 Å². The molecule has 40 heavy (non-hydrogen) atoms. The molecule has 1 aromatic heterocycles. The number of hydrogen-bond acceptors (Lipinski definition) is 5. The van der Waals surface area contributed by atoms with Gasteiger partial charge in [0.1, 0.15) is 17.2 Å². The monoisotopic (exact) mass is 551 g/mol. The van der Waals surface area contributed by atoms with Gasteiger partial charge in [0.2, 0.25) is 0 Å². The highest BCUT2D eigenvalue weighted by Crippen LogP contribution is 2.33. The molecular weight excluding hydrogens is 516 g/mol. The van der Waals surface area contributed by atoms with Crippen LogP contribution in [0.25, 0.3) is 5.69 Å². The van der Waals surface area contributed by atoms with E-state index in [4.69, 9.17) is 4.74 Å². The molecule has 0 atom stereocenters. The van der Waals surface area contributed by atoms with E-state index >= 15 is 0 Å². The number of amides is 2. The van der Waals surface area contributed by atoms with Gasteiger partial charge < -0.3 is 19.4 Å². The molecule has 0 bridgehead atoms. The Bertz CT molecular complexity index is 1350. The van der Waals surface area contributed by atoms with Crippen LogP contribution >= 0.6 is 0 Å². The first-order valence-electron chi connectivity index (χ1n) is 13.7. The number of benzene rings is 2. The quantitative estimate of drug-likeness (QED) is 0.444. The summed E-state index contributed by atoms with van der Waals surface area (Å²) in [6.07, 6.45) is 2.51. The fourth-order valence-corrected chi connectivity index (χ4v) is 5.39. The second-order valence-corrected chi connectivity index (χ2v) is 11.3. The number of likely N-dealkylation sites (tertiary alicyclic amines) is 1. The van der Waals surface area contributed by atoms with Gasteiger partial charge in [0.15, 0.2) is 0 Å². The molecule has 8 nitrogen and oxygen atoms in total. The third-order valence-electron chi connectivity index (χ3n) is 7.40. The lowest BCUT2D eigenvalue weighted by molar-refractivity contribution is 0.0203. The van der Waals surface area contributed by atoms with E-state index in [1.807, 2.05) is 25.7 Å². The van der Waals surface area contributed by atoms with Crippen molar-refractivity contribution in [1.82, 2.24) is 19.6 Å². The number of aromatic nitrogens is 2. The summed E-state index contributed by atoms with van der Waals surface area (Å²) in [7, 11) is 0. The van der Waals surface area contributed by atoms with Gasteiger partial charge in [-0.25, -0.2) is 18.3 Å². The van der Waals surface area contributed by atoms with Crippen molar-refractivity contribution in [2.75, 3.05) is 44.2 Å². The molecule has 0 unspecified atom stereocenters. The Balaban J connectivity index is 1.36. The Kier molecular flexibility index (Phi) is 7.78. The molecule has 2 amide bonds. The first-order chi connectivity index (χ1) is 19.1. The third kappa shape index (κ3) is 5.95. The molecule has 5 rings (SSSR count). The van der Waals surface area contributed by atoms with Crippen LogP contribution in [0.4, 0.5) is 19.3 Å². The molecule has 3 heterocycles. The Morgan fingerprint density at radius 3 is 2.15 bits per heavy atom. The van der Waals surface area contributed by atoms with Crippen LogP contribution in [0.3, 0.4) is 0 Å². The largest absolute Gasteiger partial charge is 0.444 e. The van der Waals surface area contributed by atoms with Crippen LogP contribution in [0.2, 0.25) is 0 Å².